The van der Waals surface area contributed by atoms with Crippen molar-refractivity contribution in [3.05, 3.63) is 35.6 Å². The zero-order valence-corrected chi connectivity index (χ0v) is 10.2. The fourth-order valence-electron chi connectivity index (χ4n) is 1.33. The Hall–Kier alpha value is -0.370. The van der Waals surface area contributed by atoms with Gasteiger partial charge in [0.1, 0.15) is 5.82 Å². The van der Waals surface area contributed by atoms with E-state index < -0.39 is 0 Å². The summed E-state index contributed by atoms with van der Waals surface area (Å²) in [5.41, 5.74) is 1.16. The van der Waals surface area contributed by atoms with Crippen molar-refractivity contribution in [2.75, 3.05) is 0 Å². The van der Waals surface area contributed by atoms with E-state index in [4.69, 9.17) is 0 Å². The summed E-state index contributed by atoms with van der Waals surface area (Å²) in [5.74, 6) is 0.529. The molecule has 0 amide bonds. The maximum Gasteiger partial charge on any atom is 0.123 e. The van der Waals surface area contributed by atoms with Crippen molar-refractivity contribution >= 4 is 15.9 Å². The van der Waals surface area contributed by atoms with E-state index in [2.05, 4.69) is 29.8 Å². The highest BCUT2D eigenvalue weighted by Crippen LogP contribution is 2.30. The molecule has 0 radical (unpaired) electrons. The standard InChI is InChI=1S/C12H16BrF/c1-3-9(2)8-12(13)10-4-6-11(14)7-5-10/h4-7,9,12H,3,8H2,1-2H3. The summed E-state index contributed by atoms with van der Waals surface area (Å²) in [6.07, 6.45) is 2.28. The second-order valence-electron chi connectivity index (χ2n) is 3.77. The minimum atomic E-state index is -0.169. The fourth-order valence-corrected chi connectivity index (χ4v) is 2.27. The van der Waals surface area contributed by atoms with Gasteiger partial charge in [-0.05, 0) is 30.0 Å². The molecular formula is C12H16BrF. The van der Waals surface area contributed by atoms with Gasteiger partial charge >= 0.3 is 0 Å². The number of halogens is 2. The topological polar surface area (TPSA) is 0 Å². The summed E-state index contributed by atoms with van der Waals surface area (Å²) in [7, 11) is 0. The third-order valence-electron chi connectivity index (χ3n) is 2.54. The molecule has 0 nitrogen and oxygen atoms in total. The minimum Gasteiger partial charge on any atom is -0.207 e. The number of rotatable bonds is 4. The van der Waals surface area contributed by atoms with Crippen LogP contribution in [-0.4, -0.2) is 0 Å². The molecule has 0 N–H and O–H groups in total. The van der Waals surface area contributed by atoms with Gasteiger partial charge in [0, 0.05) is 4.83 Å². The van der Waals surface area contributed by atoms with Crippen LogP contribution in [0.5, 0.6) is 0 Å². The molecule has 78 valence electrons. The fraction of sp³-hybridized carbons (Fsp3) is 0.500. The molecule has 2 heteroatoms. The lowest BCUT2D eigenvalue weighted by Crippen LogP contribution is -1.98. The van der Waals surface area contributed by atoms with Gasteiger partial charge in [-0.2, -0.15) is 0 Å². The van der Waals surface area contributed by atoms with E-state index in [1.165, 1.54) is 18.6 Å². The molecule has 0 aliphatic rings. The third-order valence-corrected chi connectivity index (χ3v) is 3.44. The maximum absolute atomic E-state index is 12.7. The van der Waals surface area contributed by atoms with E-state index in [-0.39, 0.29) is 5.82 Å². The average molecular weight is 259 g/mol. The van der Waals surface area contributed by atoms with Crippen LogP contribution in [0.2, 0.25) is 0 Å². The Balaban J connectivity index is 2.60. The van der Waals surface area contributed by atoms with Crippen molar-refractivity contribution in [2.24, 2.45) is 5.92 Å². The molecule has 1 aromatic carbocycles. The Kier molecular flexibility index (Phi) is 4.59. The van der Waals surface area contributed by atoms with Gasteiger partial charge in [-0.25, -0.2) is 4.39 Å². The molecule has 1 aromatic rings. The molecule has 0 fully saturated rings. The van der Waals surface area contributed by atoms with E-state index >= 15 is 0 Å². The molecule has 0 saturated carbocycles. The Morgan fingerprint density at radius 3 is 2.36 bits per heavy atom. The normalized spacial score (nSPS) is 15.1. The molecule has 14 heavy (non-hydrogen) atoms. The van der Waals surface area contributed by atoms with Crippen molar-refractivity contribution in [1.29, 1.82) is 0 Å². The lowest BCUT2D eigenvalue weighted by Gasteiger charge is -2.14. The van der Waals surface area contributed by atoms with E-state index in [0.717, 1.165) is 12.0 Å². The SMILES string of the molecule is CCC(C)CC(Br)c1ccc(F)cc1. The van der Waals surface area contributed by atoms with Crippen LogP contribution in [0.1, 0.15) is 37.1 Å². The van der Waals surface area contributed by atoms with Gasteiger partial charge in [-0.1, -0.05) is 48.3 Å². The predicted molar refractivity (Wildman–Crippen MR) is 62.1 cm³/mol. The first-order chi connectivity index (χ1) is 6.63. The zero-order valence-electron chi connectivity index (χ0n) is 8.63. The Bertz CT molecular complexity index is 268. The molecule has 0 heterocycles. The second-order valence-corrected chi connectivity index (χ2v) is 4.87. The zero-order chi connectivity index (χ0) is 10.6. The van der Waals surface area contributed by atoms with Crippen LogP contribution in [0.4, 0.5) is 4.39 Å². The summed E-state index contributed by atoms with van der Waals surface area (Å²) in [6, 6.07) is 6.72. The minimum absolute atomic E-state index is 0.169. The number of alkyl halides is 1. The molecule has 2 unspecified atom stereocenters. The maximum atomic E-state index is 12.7. The molecule has 0 aliphatic heterocycles. The summed E-state index contributed by atoms with van der Waals surface area (Å²) in [6.45, 7) is 4.42. The Labute approximate surface area is 93.7 Å². The predicted octanol–water partition coefficient (Wildman–Crippen LogP) is 4.70. The van der Waals surface area contributed by atoms with Gasteiger partial charge < -0.3 is 0 Å². The van der Waals surface area contributed by atoms with Crippen LogP contribution in [0.15, 0.2) is 24.3 Å². The van der Waals surface area contributed by atoms with Gasteiger partial charge in [-0.15, -0.1) is 0 Å². The molecule has 0 spiro atoms. The molecule has 0 saturated heterocycles. The second kappa shape index (κ2) is 5.50. The lowest BCUT2D eigenvalue weighted by molar-refractivity contribution is 0.514. The number of hydrogen-bond donors (Lipinski definition) is 0. The van der Waals surface area contributed by atoms with Crippen molar-refractivity contribution in [3.63, 3.8) is 0 Å². The largest absolute Gasteiger partial charge is 0.207 e. The smallest absolute Gasteiger partial charge is 0.123 e. The van der Waals surface area contributed by atoms with Crippen molar-refractivity contribution < 1.29 is 4.39 Å². The highest BCUT2D eigenvalue weighted by atomic mass is 79.9. The number of hydrogen-bond acceptors (Lipinski definition) is 0. The summed E-state index contributed by atoms with van der Waals surface area (Å²) in [4.78, 5) is 0.345. The highest BCUT2D eigenvalue weighted by molar-refractivity contribution is 9.09. The molecular weight excluding hydrogens is 243 g/mol. The highest BCUT2D eigenvalue weighted by Gasteiger charge is 2.10. The number of benzene rings is 1. The lowest BCUT2D eigenvalue weighted by atomic mass is 9.99. The van der Waals surface area contributed by atoms with Gasteiger partial charge in [0.2, 0.25) is 0 Å². The van der Waals surface area contributed by atoms with Crippen molar-refractivity contribution in [3.8, 4) is 0 Å². The first kappa shape index (κ1) is 11.7. The molecule has 0 aliphatic carbocycles. The van der Waals surface area contributed by atoms with Crippen LogP contribution in [0, 0.1) is 11.7 Å². The van der Waals surface area contributed by atoms with Crippen molar-refractivity contribution in [2.45, 2.75) is 31.5 Å². The van der Waals surface area contributed by atoms with Crippen LogP contribution < -0.4 is 0 Å². The average Bonchev–Trinajstić information content (AvgIpc) is 2.18. The Morgan fingerprint density at radius 1 is 1.29 bits per heavy atom. The first-order valence-electron chi connectivity index (χ1n) is 5.03. The van der Waals surface area contributed by atoms with E-state index in [1.54, 1.807) is 0 Å². The van der Waals surface area contributed by atoms with Crippen LogP contribution >= 0.6 is 15.9 Å². The van der Waals surface area contributed by atoms with Crippen LogP contribution in [-0.2, 0) is 0 Å². The third kappa shape index (κ3) is 3.41. The molecule has 2 atom stereocenters. The van der Waals surface area contributed by atoms with Gasteiger partial charge in [0.05, 0.1) is 0 Å². The summed E-state index contributed by atoms with van der Waals surface area (Å²) >= 11 is 3.63. The van der Waals surface area contributed by atoms with Crippen LogP contribution in [0.25, 0.3) is 0 Å². The quantitative estimate of drug-likeness (QED) is 0.687. The Morgan fingerprint density at radius 2 is 1.86 bits per heavy atom. The molecule has 0 aromatic heterocycles. The van der Waals surface area contributed by atoms with Crippen LogP contribution in [0.3, 0.4) is 0 Å². The monoisotopic (exact) mass is 258 g/mol. The van der Waals surface area contributed by atoms with E-state index in [1.807, 2.05) is 12.1 Å². The first-order valence-corrected chi connectivity index (χ1v) is 5.94. The van der Waals surface area contributed by atoms with Crippen molar-refractivity contribution in [1.82, 2.24) is 0 Å². The summed E-state index contributed by atoms with van der Waals surface area (Å²) in [5, 5.41) is 0. The van der Waals surface area contributed by atoms with E-state index in [9.17, 15) is 4.39 Å². The molecule has 0 bridgehead atoms. The van der Waals surface area contributed by atoms with Gasteiger partial charge in [0.15, 0.2) is 0 Å². The molecule has 1 rings (SSSR count). The van der Waals surface area contributed by atoms with Gasteiger partial charge in [0.25, 0.3) is 0 Å². The summed E-state index contributed by atoms with van der Waals surface area (Å²) < 4.78 is 12.7. The van der Waals surface area contributed by atoms with E-state index in [0.29, 0.717) is 10.7 Å². The van der Waals surface area contributed by atoms with Gasteiger partial charge in [-0.3, -0.25) is 0 Å².